The molecule has 2 aromatic rings. The van der Waals surface area contributed by atoms with Gasteiger partial charge in [-0.15, -0.1) is 0 Å². The lowest BCUT2D eigenvalue weighted by Gasteiger charge is -2.36. The molecule has 1 heterocycles. The van der Waals surface area contributed by atoms with Gasteiger partial charge in [0.15, 0.2) is 0 Å². The molecule has 2 aromatic carbocycles. The van der Waals surface area contributed by atoms with Gasteiger partial charge < -0.3 is 15.5 Å². The van der Waals surface area contributed by atoms with E-state index in [-0.39, 0.29) is 6.03 Å². The van der Waals surface area contributed by atoms with Crippen LogP contribution in [-0.4, -0.2) is 61.6 Å². The van der Waals surface area contributed by atoms with Gasteiger partial charge >= 0.3 is 6.03 Å². The van der Waals surface area contributed by atoms with Gasteiger partial charge in [0.05, 0.1) is 0 Å². The highest BCUT2D eigenvalue weighted by atomic mass is 16.2. The number of carbonyl (C=O) groups excluding carboxylic acids is 1. The largest absolute Gasteiger partial charge is 0.338 e. The Hall–Kier alpha value is -2.37. The van der Waals surface area contributed by atoms with Gasteiger partial charge in [-0.1, -0.05) is 48.5 Å². The third-order valence-electron chi connectivity index (χ3n) is 5.51. The zero-order chi connectivity index (χ0) is 19.8. The number of hydrogen-bond donors (Lipinski definition) is 2. The van der Waals surface area contributed by atoms with Crippen LogP contribution in [0.25, 0.3) is 0 Å². The number of rotatable bonds is 7. The van der Waals surface area contributed by atoms with E-state index in [2.05, 4.69) is 52.6 Å². The van der Waals surface area contributed by atoms with E-state index in [0.29, 0.717) is 12.6 Å². The first kappa shape index (κ1) is 20.4. The Kier molecular flexibility index (Phi) is 7.46. The molecular weight excluding hydrogens is 348 g/mol. The zero-order valence-electron chi connectivity index (χ0n) is 17.0. The highest BCUT2D eigenvalue weighted by Gasteiger charge is 2.18. The Labute approximate surface area is 168 Å². The van der Waals surface area contributed by atoms with Crippen molar-refractivity contribution < 1.29 is 4.79 Å². The van der Waals surface area contributed by atoms with Crippen molar-refractivity contribution in [1.29, 1.82) is 0 Å². The SMILES string of the molecule is C[C@H](CCNC(=O)Nc1ccccc1Cc1ccccc1)N1CCN(C)CC1. The van der Waals surface area contributed by atoms with E-state index < -0.39 is 0 Å². The van der Waals surface area contributed by atoms with Crippen molar-refractivity contribution in [3.05, 3.63) is 65.7 Å². The average Bonchev–Trinajstić information content (AvgIpc) is 2.71. The van der Waals surface area contributed by atoms with Crippen LogP contribution in [0, 0.1) is 0 Å². The summed E-state index contributed by atoms with van der Waals surface area (Å²) in [6.45, 7) is 7.39. The number of anilines is 1. The van der Waals surface area contributed by atoms with Gasteiger partial charge in [0.2, 0.25) is 0 Å². The molecule has 1 fully saturated rings. The average molecular weight is 381 g/mol. The Bertz CT molecular complexity index is 741. The molecule has 2 N–H and O–H groups in total. The fourth-order valence-electron chi connectivity index (χ4n) is 3.62. The topological polar surface area (TPSA) is 47.6 Å². The molecule has 5 nitrogen and oxygen atoms in total. The van der Waals surface area contributed by atoms with Crippen LogP contribution in [-0.2, 0) is 6.42 Å². The van der Waals surface area contributed by atoms with Crippen LogP contribution >= 0.6 is 0 Å². The van der Waals surface area contributed by atoms with Crippen molar-refractivity contribution in [1.82, 2.24) is 15.1 Å². The predicted molar refractivity (Wildman–Crippen MR) is 116 cm³/mol. The number of nitrogens with one attached hydrogen (secondary N) is 2. The van der Waals surface area contributed by atoms with Crippen LogP contribution in [0.5, 0.6) is 0 Å². The minimum Gasteiger partial charge on any atom is -0.338 e. The van der Waals surface area contributed by atoms with Gasteiger partial charge in [0.25, 0.3) is 0 Å². The quantitative estimate of drug-likeness (QED) is 0.774. The molecule has 0 spiro atoms. The molecule has 1 aliphatic heterocycles. The summed E-state index contributed by atoms with van der Waals surface area (Å²) in [6.07, 6.45) is 1.76. The van der Waals surface area contributed by atoms with E-state index in [1.165, 1.54) is 5.56 Å². The lowest BCUT2D eigenvalue weighted by Crippen LogP contribution is -2.48. The number of hydrogen-bond acceptors (Lipinski definition) is 3. The molecule has 150 valence electrons. The third-order valence-corrected chi connectivity index (χ3v) is 5.51. The zero-order valence-corrected chi connectivity index (χ0v) is 17.0. The number of piperazine rings is 1. The van der Waals surface area contributed by atoms with Gasteiger partial charge in [-0.2, -0.15) is 0 Å². The second-order valence-corrected chi connectivity index (χ2v) is 7.68. The van der Waals surface area contributed by atoms with Crippen molar-refractivity contribution in [3.63, 3.8) is 0 Å². The summed E-state index contributed by atoms with van der Waals surface area (Å²) in [6, 6.07) is 18.7. The Morgan fingerprint density at radius 2 is 1.68 bits per heavy atom. The lowest BCUT2D eigenvalue weighted by atomic mass is 10.0. The predicted octanol–water partition coefficient (Wildman–Crippen LogP) is 3.42. The summed E-state index contributed by atoms with van der Waals surface area (Å²) in [5.41, 5.74) is 3.23. The first-order valence-corrected chi connectivity index (χ1v) is 10.2. The van der Waals surface area contributed by atoms with Crippen LogP contribution in [0.3, 0.4) is 0 Å². The van der Waals surface area contributed by atoms with Crippen LogP contribution < -0.4 is 10.6 Å². The monoisotopic (exact) mass is 380 g/mol. The molecule has 0 aromatic heterocycles. The summed E-state index contributed by atoms with van der Waals surface area (Å²) in [5.74, 6) is 0. The van der Waals surface area contributed by atoms with Crippen LogP contribution in [0.2, 0.25) is 0 Å². The fraction of sp³-hybridized carbons (Fsp3) is 0.435. The smallest absolute Gasteiger partial charge is 0.319 e. The normalized spacial score (nSPS) is 16.5. The number of likely N-dealkylation sites (N-methyl/N-ethyl adjacent to an activating group) is 1. The third kappa shape index (κ3) is 6.08. The van der Waals surface area contributed by atoms with E-state index in [1.54, 1.807) is 0 Å². The minimum atomic E-state index is -0.133. The molecule has 28 heavy (non-hydrogen) atoms. The standard InChI is InChI=1S/C23H32N4O/c1-19(27-16-14-26(2)15-17-27)12-13-24-23(28)25-22-11-7-6-10-21(22)18-20-8-4-3-5-9-20/h3-11,19H,12-18H2,1-2H3,(H2,24,25,28)/t19-/m1/s1. The summed E-state index contributed by atoms with van der Waals surface area (Å²) in [7, 11) is 2.17. The van der Waals surface area contributed by atoms with Crippen molar-refractivity contribution >= 4 is 11.7 Å². The van der Waals surface area contributed by atoms with Gasteiger partial charge in [-0.3, -0.25) is 4.90 Å². The van der Waals surface area contributed by atoms with Crippen LogP contribution in [0.1, 0.15) is 24.5 Å². The maximum Gasteiger partial charge on any atom is 0.319 e. The van der Waals surface area contributed by atoms with E-state index in [1.807, 2.05) is 36.4 Å². The molecule has 0 bridgehead atoms. The van der Waals surface area contributed by atoms with Crippen LogP contribution in [0.4, 0.5) is 10.5 Å². The highest BCUT2D eigenvalue weighted by Crippen LogP contribution is 2.19. The molecular formula is C23H32N4O. The summed E-state index contributed by atoms with van der Waals surface area (Å²) in [5, 5.41) is 6.03. The number of nitrogens with zero attached hydrogens (tertiary/aromatic N) is 2. The van der Waals surface area contributed by atoms with E-state index in [0.717, 1.165) is 50.3 Å². The molecule has 1 aliphatic rings. The lowest BCUT2D eigenvalue weighted by molar-refractivity contribution is 0.115. The molecule has 0 saturated carbocycles. The molecule has 0 radical (unpaired) electrons. The molecule has 5 heteroatoms. The Morgan fingerprint density at radius 3 is 2.43 bits per heavy atom. The minimum absolute atomic E-state index is 0.133. The number of benzene rings is 2. The second-order valence-electron chi connectivity index (χ2n) is 7.68. The van der Waals surface area contributed by atoms with Crippen molar-refractivity contribution in [2.24, 2.45) is 0 Å². The number of para-hydroxylation sites is 1. The number of urea groups is 1. The second kappa shape index (κ2) is 10.2. The molecule has 2 amide bonds. The fourth-order valence-corrected chi connectivity index (χ4v) is 3.62. The van der Waals surface area contributed by atoms with Crippen molar-refractivity contribution in [3.8, 4) is 0 Å². The van der Waals surface area contributed by atoms with Crippen molar-refractivity contribution in [2.75, 3.05) is 45.1 Å². The number of amides is 2. The van der Waals surface area contributed by atoms with Crippen molar-refractivity contribution in [2.45, 2.75) is 25.8 Å². The summed E-state index contributed by atoms with van der Waals surface area (Å²) < 4.78 is 0. The van der Waals surface area contributed by atoms with Gasteiger partial charge in [0.1, 0.15) is 0 Å². The number of carbonyl (C=O) groups is 1. The van der Waals surface area contributed by atoms with E-state index in [9.17, 15) is 4.79 Å². The molecule has 3 rings (SSSR count). The molecule has 1 atom stereocenters. The van der Waals surface area contributed by atoms with E-state index >= 15 is 0 Å². The highest BCUT2D eigenvalue weighted by molar-refractivity contribution is 5.90. The maximum atomic E-state index is 12.4. The van der Waals surface area contributed by atoms with Gasteiger partial charge in [-0.05, 0) is 44.0 Å². The summed E-state index contributed by atoms with van der Waals surface area (Å²) in [4.78, 5) is 17.2. The first-order valence-electron chi connectivity index (χ1n) is 10.2. The van der Waals surface area contributed by atoms with Gasteiger partial charge in [0, 0.05) is 44.5 Å². The molecule has 1 saturated heterocycles. The Morgan fingerprint density at radius 1 is 1.00 bits per heavy atom. The first-order chi connectivity index (χ1) is 13.6. The Balaban J connectivity index is 1.46. The van der Waals surface area contributed by atoms with E-state index in [4.69, 9.17) is 0 Å². The molecule has 0 unspecified atom stereocenters. The molecule has 0 aliphatic carbocycles. The summed E-state index contributed by atoms with van der Waals surface area (Å²) >= 11 is 0. The van der Waals surface area contributed by atoms with Gasteiger partial charge in [-0.25, -0.2) is 4.79 Å². The maximum absolute atomic E-state index is 12.4. The van der Waals surface area contributed by atoms with Crippen LogP contribution in [0.15, 0.2) is 54.6 Å².